The molecule has 5 rings (SSSR count). The first-order valence-corrected chi connectivity index (χ1v) is 7.77. The first-order valence-electron chi connectivity index (χ1n) is 7.77. The summed E-state index contributed by atoms with van der Waals surface area (Å²) in [5.74, 6) is 0.463. The molecular formula is C18H17NO2. The maximum absolute atomic E-state index is 12.9. The molecule has 1 saturated heterocycles. The molecule has 3 fully saturated rings. The molecule has 21 heavy (non-hydrogen) atoms. The first-order chi connectivity index (χ1) is 10.1. The predicted octanol–water partition coefficient (Wildman–Crippen LogP) is 2.70. The van der Waals surface area contributed by atoms with E-state index in [0.717, 1.165) is 11.3 Å². The average molecular weight is 279 g/mol. The zero-order chi connectivity index (χ0) is 14.4. The molecule has 1 aromatic rings. The number of hydrogen-bond donors (Lipinski definition) is 0. The van der Waals surface area contributed by atoms with Gasteiger partial charge in [-0.05, 0) is 48.6 Å². The third-order valence-corrected chi connectivity index (χ3v) is 6.21. The van der Waals surface area contributed by atoms with Crippen molar-refractivity contribution in [2.45, 2.75) is 19.8 Å². The molecule has 0 radical (unpaired) electrons. The van der Waals surface area contributed by atoms with E-state index in [9.17, 15) is 9.59 Å². The van der Waals surface area contributed by atoms with Crippen molar-refractivity contribution < 1.29 is 9.59 Å². The minimum Gasteiger partial charge on any atom is -0.274 e. The quantitative estimate of drug-likeness (QED) is 0.585. The minimum atomic E-state index is -0.102. The number of rotatable bonds is 1. The summed E-state index contributed by atoms with van der Waals surface area (Å²) in [4.78, 5) is 27.3. The maximum Gasteiger partial charge on any atom is 0.238 e. The lowest BCUT2D eigenvalue weighted by atomic mass is 9.85. The second-order valence-electron chi connectivity index (χ2n) is 7.02. The van der Waals surface area contributed by atoms with Crippen molar-refractivity contribution in [3.63, 3.8) is 0 Å². The van der Waals surface area contributed by atoms with Gasteiger partial charge in [0.1, 0.15) is 0 Å². The number of imide groups is 1. The van der Waals surface area contributed by atoms with Crippen molar-refractivity contribution >= 4 is 17.5 Å². The van der Waals surface area contributed by atoms with Gasteiger partial charge in [-0.1, -0.05) is 30.4 Å². The van der Waals surface area contributed by atoms with E-state index in [2.05, 4.69) is 12.2 Å². The van der Waals surface area contributed by atoms with E-state index in [0.29, 0.717) is 11.8 Å². The number of aryl methyl sites for hydroxylation is 1. The van der Waals surface area contributed by atoms with Gasteiger partial charge in [0.25, 0.3) is 0 Å². The summed E-state index contributed by atoms with van der Waals surface area (Å²) in [7, 11) is 0. The third-order valence-electron chi connectivity index (χ3n) is 6.21. The SMILES string of the molecule is Cc1ccccc1N1C(=O)[C@H]2[C@H](C1=O)[C@H]1C=C[C@H]2C12CC2. The molecule has 1 aromatic carbocycles. The number of benzene rings is 1. The van der Waals surface area contributed by atoms with Gasteiger partial charge >= 0.3 is 0 Å². The van der Waals surface area contributed by atoms with E-state index in [1.807, 2.05) is 31.2 Å². The molecule has 3 aliphatic carbocycles. The second-order valence-corrected chi connectivity index (χ2v) is 7.02. The van der Waals surface area contributed by atoms with Crippen LogP contribution in [0, 0.1) is 36.0 Å². The van der Waals surface area contributed by atoms with E-state index in [-0.39, 0.29) is 29.1 Å². The van der Waals surface area contributed by atoms with Crippen LogP contribution in [0.3, 0.4) is 0 Å². The fourth-order valence-corrected chi connectivity index (χ4v) is 5.13. The average Bonchev–Trinajstić information content (AvgIpc) is 3.07. The molecule has 3 heteroatoms. The topological polar surface area (TPSA) is 37.4 Å². The lowest BCUT2D eigenvalue weighted by Gasteiger charge is -2.22. The highest BCUT2D eigenvalue weighted by atomic mass is 16.2. The van der Waals surface area contributed by atoms with Gasteiger partial charge in [0.15, 0.2) is 0 Å². The fourth-order valence-electron chi connectivity index (χ4n) is 5.13. The van der Waals surface area contributed by atoms with Gasteiger partial charge in [-0.15, -0.1) is 0 Å². The Bertz CT molecular complexity index is 682. The number of para-hydroxylation sites is 1. The number of hydrogen-bond acceptors (Lipinski definition) is 2. The van der Waals surface area contributed by atoms with E-state index < -0.39 is 0 Å². The number of carbonyl (C=O) groups is 2. The lowest BCUT2D eigenvalue weighted by Crippen LogP contribution is -2.35. The predicted molar refractivity (Wildman–Crippen MR) is 78.4 cm³/mol. The molecule has 1 aliphatic heterocycles. The number of anilines is 1. The summed E-state index contributed by atoms with van der Waals surface area (Å²) in [6.45, 7) is 1.96. The monoisotopic (exact) mass is 279 g/mol. The van der Waals surface area contributed by atoms with Gasteiger partial charge in [-0.25, -0.2) is 4.90 Å². The van der Waals surface area contributed by atoms with E-state index >= 15 is 0 Å². The van der Waals surface area contributed by atoms with Crippen LogP contribution in [-0.2, 0) is 9.59 Å². The molecule has 2 saturated carbocycles. The molecule has 2 amide bonds. The van der Waals surface area contributed by atoms with Crippen molar-refractivity contribution in [2.75, 3.05) is 4.90 Å². The normalized spacial score (nSPS) is 37.7. The Morgan fingerprint density at radius 1 is 1.00 bits per heavy atom. The van der Waals surface area contributed by atoms with Crippen LogP contribution in [0.4, 0.5) is 5.69 Å². The van der Waals surface area contributed by atoms with Gasteiger partial charge < -0.3 is 0 Å². The third kappa shape index (κ3) is 1.18. The van der Waals surface area contributed by atoms with E-state index in [4.69, 9.17) is 0 Å². The highest BCUT2D eigenvalue weighted by Crippen LogP contribution is 2.73. The molecule has 1 heterocycles. The van der Waals surface area contributed by atoms with Gasteiger partial charge in [-0.3, -0.25) is 9.59 Å². The van der Waals surface area contributed by atoms with Crippen molar-refractivity contribution in [1.29, 1.82) is 0 Å². The van der Waals surface area contributed by atoms with Crippen LogP contribution in [0.25, 0.3) is 0 Å². The zero-order valence-electron chi connectivity index (χ0n) is 12.0. The Morgan fingerprint density at radius 2 is 1.57 bits per heavy atom. The standard InChI is InChI=1S/C18H17NO2/c1-10-4-2-3-5-13(10)19-16(20)14-11-6-7-12(15(14)17(19)21)18(11)8-9-18/h2-7,11-12,14-15H,8-9H2,1H3/t11-,12-,14-,15-/m1/s1. The lowest BCUT2D eigenvalue weighted by molar-refractivity contribution is -0.123. The van der Waals surface area contributed by atoms with Crippen molar-refractivity contribution in [3.05, 3.63) is 42.0 Å². The molecule has 0 aromatic heterocycles. The summed E-state index contributed by atoms with van der Waals surface area (Å²) in [6, 6.07) is 7.68. The summed E-state index contributed by atoms with van der Waals surface area (Å²) < 4.78 is 0. The minimum absolute atomic E-state index is 0.0300. The highest BCUT2D eigenvalue weighted by Gasteiger charge is 2.73. The van der Waals surface area contributed by atoms with Crippen LogP contribution < -0.4 is 4.90 Å². The van der Waals surface area contributed by atoms with E-state index in [1.165, 1.54) is 17.7 Å². The van der Waals surface area contributed by atoms with Crippen LogP contribution in [-0.4, -0.2) is 11.8 Å². The first kappa shape index (κ1) is 11.7. The summed E-state index contributed by atoms with van der Waals surface area (Å²) in [6.07, 6.45) is 6.80. The molecule has 0 N–H and O–H groups in total. The van der Waals surface area contributed by atoms with Crippen LogP contribution in [0.2, 0.25) is 0 Å². The fraction of sp³-hybridized carbons (Fsp3) is 0.444. The Morgan fingerprint density at radius 3 is 2.10 bits per heavy atom. The van der Waals surface area contributed by atoms with E-state index in [1.54, 1.807) is 0 Å². The van der Waals surface area contributed by atoms with Gasteiger partial charge in [0.05, 0.1) is 17.5 Å². The van der Waals surface area contributed by atoms with Gasteiger partial charge in [0.2, 0.25) is 11.8 Å². The molecule has 2 bridgehead atoms. The summed E-state index contributed by atoms with van der Waals surface area (Å²) >= 11 is 0. The maximum atomic E-state index is 12.9. The zero-order valence-corrected chi connectivity index (χ0v) is 12.0. The van der Waals surface area contributed by atoms with Crippen molar-refractivity contribution in [2.24, 2.45) is 29.1 Å². The smallest absolute Gasteiger partial charge is 0.238 e. The number of nitrogens with zero attached hydrogens (tertiary/aromatic N) is 1. The molecular weight excluding hydrogens is 262 g/mol. The van der Waals surface area contributed by atoms with Gasteiger partial charge in [0, 0.05) is 0 Å². The Kier molecular flexibility index (Phi) is 1.93. The Labute approximate surface area is 123 Å². The van der Waals surface area contributed by atoms with Crippen molar-refractivity contribution in [1.82, 2.24) is 0 Å². The number of amides is 2. The molecule has 1 spiro atoms. The van der Waals surface area contributed by atoms with Crippen LogP contribution in [0.1, 0.15) is 18.4 Å². The number of fused-ring (bicyclic) bond motifs is 3. The molecule has 0 unspecified atom stereocenters. The largest absolute Gasteiger partial charge is 0.274 e. The Hall–Kier alpha value is -1.90. The van der Waals surface area contributed by atoms with Crippen molar-refractivity contribution in [3.8, 4) is 0 Å². The second kappa shape index (κ2) is 3.46. The summed E-state index contributed by atoms with van der Waals surface area (Å²) in [5, 5.41) is 0. The highest BCUT2D eigenvalue weighted by molar-refractivity contribution is 6.23. The van der Waals surface area contributed by atoms with Crippen LogP contribution in [0.5, 0.6) is 0 Å². The number of carbonyl (C=O) groups excluding carboxylic acids is 2. The molecule has 4 atom stereocenters. The Balaban J connectivity index is 1.61. The summed E-state index contributed by atoms with van der Waals surface area (Å²) in [5.41, 5.74) is 2.03. The van der Waals surface area contributed by atoms with Gasteiger partial charge in [-0.2, -0.15) is 0 Å². The molecule has 4 aliphatic rings. The molecule has 3 nitrogen and oxygen atoms in total. The van der Waals surface area contributed by atoms with Crippen LogP contribution >= 0.6 is 0 Å². The van der Waals surface area contributed by atoms with Crippen LogP contribution in [0.15, 0.2) is 36.4 Å². The number of allylic oxidation sites excluding steroid dienone is 2. The molecule has 106 valence electrons.